The Balaban J connectivity index is 2.18. The van der Waals surface area contributed by atoms with Crippen LogP contribution in [-0.4, -0.2) is 13.6 Å². The van der Waals surface area contributed by atoms with Crippen molar-refractivity contribution in [1.29, 1.82) is 0 Å². The van der Waals surface area contributed by atoms with Crippen LogP contribution in [0.25, 0.3) is 0 Å². The fraction of sp³-hybridized carbons (Fsp3) is 0.333. The molecule has 0 aliphatic heterocycles. The third-order valence-corrected chi connectivity index (χ3v) is 3.91. The summed E-state index contributed by atoms with van der Waals surface area (Å²) in [6.45, 7) is 6.18. The Morgan fingerprint density at radius 2 is 1.76 bits per heavy atom. The molecule has 2 rings (SSSR count). The first-order valence-electron chi connectivity index (χ1n) is 7.39. The van der Waals surface area contributed by atoms with Gasteiger partial charge in [0.05, 0.1) is 0 Å². The molecule has 21 heavy (non-hydrogen) atoms. The summed E-state index contributed by atoms with van der Waals surface area (Å²) in [6, 6.07) is 17.0. The molecule has 0 aromatic heterocycles. The standard InChI is InChI=1S/C18H23ClN2/c1-4-20-14(2)17-7-5-6-8-18(17)21(3)13-15-9-11-16(19)12-10-15/h5-12,14,20H,4,13H2,1-3H3. The number of halogens is 1. The van der Waals surface area contributed by atoms with E-state index in [-0.39, 0.29) is 0 Å². The van der Waals surface area contributed by atoms with Crippen LogP contribution in [0, 0.1) is 0 Å². The fourth-order valence-electron chi connectivity index (χ4n) is 2.57. The van der Waals surface area contributed by atoms with Gasteiger partial charge in [-0.15, -0.1) is 0 Å². The number of hydrogen-bond donors (Lipinski definition) is 1. The lowest BCUT2D eigenvalue weighted by atomic mass is 10.0. The molecular weight excluding hydrogens is 280 g/mol. The molecule has 0 saturated carbocycles. The Morgan fingerprint density at radius 3 is 2.43 bits per heavy atom. The van der Waals surface area contributed by atoms with Gasteiger partial charge in [-0.25, -0.2) is 0 Å². The van der Waals surface area contributed by atoms with Gasteiger partial charge in [-0.3, -0.25) is 0 Å². The van der Waals surface area contributed by atoms with Gasteiger partial charge in [0.2, 0.25) is 0 Å². The van der Waals surface area contributed by atoms with Crippen LogP contribution < -0.4 is 10.2 Å². The summed E-state index contributed by atoms with van der Waals surface area (Å²) in [4.78, 5) is 2.28. The van der Waals surface area contributed by atoms with Gasteiger partial charge >= 0.3 is 0 Å². The van der Waals surface area contributed by atoms with Crippen LogP contribution in [0.1, 0.15) is 31.0 Å². The van der Waals surface area contributed by atoms with E-state index in [1.54, 1.807) is 0 Å². The van der Waals surface area contributed by atoms with Gasteiger partial charge < -0.3 is 10.2 Å². The lowest BCUT2D eigenvalue weighted by Crippen LogP contribution is -2.23. The predicted molar refractivity (Wildman–Crippen MR) is 92.1 cm³/mol. The lowest BCUT2D eigenvalue weighted by Gasteiger charge is -2.25. The van der Waals surface area contributed by atoms with E-state index in [0.29, 0.717) is 6.04 Å². The maximum atomic E-state index is 5.94. The number of nitrogens with one attached hydrogen (secondary N) is 1. The molecule has 0 heterocycles. The monoisotopic (exact) mass is 302 g/mol. The first kappa shape index (κ1) is 15.9. The van der Waals surface area contributed by atoms with Crippen molar-refractivity contribution in [1.82, 2.24) is 5.32 Å². The molecule has 112 valence electrons. The van der Waals surface area contributed by atoms with Crippen LogP contribution in [0.5, 0.6) is 0 Å². The Kier molecular flexibility index (Phi) is 5.66. The van der Waals surface area contributed by atoms with Gasteiger partial charge in [0.1, 0.15) is 0 Å². The molecule has 0 fully saturated rings. The maximum Gasteiger partial charge on any atom is 0.0426 e. The maximum absolute atomic E-state index is 5.94. The van der Waals surface area contributed by atoms with Crippen molar-refractivity contribution in [2.45, 2.75) is 26.4 Å². The molecule has 1 N–H and O–H groups in total. The molecule has 0 aliphatic rings. The molecule has 3 heteroatoms. The van der Waals surface area contributed by atoms with Gasteiger partial charge in [-0.1, -0.05) is 48.9 Å². The summed E-state index contributed by atoms with van der Waals surface area (Å²) in [5.74, 6) is 0. The van der Waals surface area contributed by atoms with E-state index in [2.05, 4.69) is 67.5 Å². The molecule has 1 unspecified atom stereocenters. The summed E-state index contributed by atoms with van der Waals surface area (Å²) in [6.07, 6.45) is 0. The second kappa shape index (κ2) is 7.48. The Morgan fingerprint density at radius 1 is 1.10 bits per heavy atom. The van der Waals surface area contributed by atoms with Crippen molar-refractivity contribution in [3.8, 4) is 0 Å². The van der Waals surface area contributed by atoms with Gasteiger partial charge in [-0.2, -0.15) is 0 Å². The summed E-state index contributed by atoms with van der Waals surface area (Å²) in [7, 11) is 2.13. The summed E-state index contributed by atoms with van der Waals surface area (Å²) < 4.78 is 0. The summed E-state index contributed by atoms with van der Waals surface area (Å²) >= 11 is 5.94. The highest BCUT2D eigenvalue weighted by molar-refractivity contribution is 6.30. The molecule has 0 radical (unpaired) electrons. The van der Waals surface area contributed by atoms with Gasteiger partial charge in [-0.05, 0) is 42.8 Å². The van der Waals surface area contributed by atoms with E-state index < -0.39 is 0 Å². The van der Waals surface area contributed by atoms with Crippen LogP contribution in [-0.2, 0) is 6.54 Å². The largest absolute Gasteiger partial charge is 0.370 e. The minimum atomic E-state index is 0.346. The van der Waals surface area contributed by atoms with Gasteiger partial charge in [0.15, 0.2) is 0 Å². The van der Waals surface area contributed by atoms with Crippen molar-refractivity contribution >= 4 is 17.3 Å². The highest BCUT2D eigenvalue weighted by atomic mass is 35.5. The minimum absolute atomic E-state index is 0.346. The van der Waals surface area contributed by atoms with E-state index in [1.807, 2.05) is 12.1 Å². The molecule has 0 amide bonds. The zero-order valence-corrected chi connectivity index (χ0v) is 13.7. The third-order valence-electron chi connectivity index (χ3n) is 3.66. The van der Waals surface area contributed by atoms with Crippen molar-refractivity contribution in [3.63, 3.8) is 0 Å². The Bertz CT molecular complexity index is 566. The van der Waals surface area contributed by atoms with E-state index in [0.717, 1.165) is 18.1 Å². The van der Waals surface area contributed by atoms with Crippen molar-refractivity contribution in [3.05, 3.63) is 64.7 Å². The molecule has 2 aromatic rings. The average Bonchev–Trinajstić information content (AvgIpc) is 2.50. The van der Waals surface area contributed by atoms with Crippen LogP contribution >= 0.6 is 11.6 Å². The first-order valence-corrected chi connectivity index (χ1v) is 7.77. The number of hydrogen-bond acceptors (Lipinski definition) is 2. The number of benzene rings is 2. The average molecular weight is 303 g/mol. The number of nitrogens with zero attached hydrogens (tertiary/aromatic N) is 1. The minimum Gasteiger partial charge on any atom is -0.370 e. The highest BCUT2D eigenvalue weighted by Gasteiger charge is 2.12. The summed E-state index contributed by atoms with van der Waals surface area (Å²) in [5, 5.41) is 4.26. The van der Waals surface area contributed by atoms with E-state index >= 15 is 0 Å². The molecule has 0 aliphatic carbocycles. The molecule has 1 atom stereocenters. The van der Waals surface area contributed by atoms with Crippen molar-refractivity contribution in [2.75, 3.05) is 18.5 Å². The van der Waals surface area contributed by atoms with Gasteiger partial charge in [0, 0.05) is 30.3 Å². The van der Waals surface area contributed by atoms with E-state index in [4.69, 9.17) is 11.6 Å². The molecule has 2 nitrogen and oxygen atoms in total. The second-order valence-electron chi connectivity index (χ2n) is 5.32. The zero-order valence-electron chi connectivity index (χ0n) is 12.9. The molecule has 0 spiro atoms. The third kappa shape index (κ3) is 4.23. The number of para-hydroxylation sites is 1. The van der Waals surface area contributed by atoms with Gasteiger partial charge in [0.25, 0.3) is 0 Å². The highest BCUT2D eigenvalue weighted by Crippen LogP contribution is 2.26. The summed E-state index contributed by atoms with van der Waals surface area (Å²) in [5.41, 5.74) is 3.85. The fourth-order valence-corrected chi connectivity index (χ4v) is 2.69. The normalized spacial score (nSPS) is 12.2. The van der Waals surface area contributed by atoms with Crippen LogP contribution in [0.3, 0.4) is 0 Å². The quantitative estimate of drug-likeness (QED) is 0.836. The van der Waals surface area contributed by atoms with Crippen LogP contribution in [0.4, 0.5) is 5.69 Å². The second-order valence-corrected chi connectivity index (χ2v) is 5.76. The van der Waals surface area contributed by atoms with E-state index in [9.17, 15) is 0 Å². The van der Waals surface area contributed by atoms with Crippen molar-refractivity contribution in [2.24, 2.45) is 0 Å². The molecule has 0 saturated heterocycles. The van der Waals surface area contributed by atoms with Crippen molar-refractivity contribution < 1.29 is 0 Å². The lowest BCUT2D eigenvalue weighted by molar-refractivity contribution is 0.597. The van der Waals surface area contributed by atoms with Crippen LogP contribution in [0.2, 0.25) is 5.02 Å². The van der Waals surface area contributed by atoms with E-state index in [1.165, 1.54) is 16.8 Å². The molecule has 2 aromatic carbocycles. The number of rotatable bonds is 6. The molecule has 0 bridgehead atoms. The predicted octanol–water partition coefficient (Wildman–Crippen LogP) is 4.65. The zero-order chi connectivity index (χ0) is 15.2. The van der Waals surface area contributed by atoms with Crippen LogP contribution in [0.15, 0.2) is 48.5 Å². The number of anilines is 1. The smallest absolute Gasteiger partial charge is 0.0426 e. The Hall–Kier alpha value is -1.51. The first-order chi connectivity index (χ1) is 10.1. The topological polar surface area (TPSA) is 15.3 Å². The molecular formula is C18H23ClN2. The SMILES string of the molecule is CCNC(C)c1ccccc1N(C)Cc1ccc(Cl)cc1. The Labute approximate surface area is 132 Å².